The van der Waals surface area contributed by atoms with Gasteiger partial charge >= 0.3 is 5.97 Å². The second-order valence-corrected chi connectivity index (χ2v) is 12.3. The molecule has 1 aliphatic carbocycles. The van der Waals surface area contributed by atoms with Crippen LogP contribution in [-0.2, 0) is 9.47 Å². The minimum Gasteiger partial charge on any atom is -0.506 e. The number of carboxylic acid groups (broad SMARTS) is 1. The van der Waals surface area contributed by atoms with Crippen molar-refractivity contribution < 1.29 is 49.3 Å². The van der Waals surface area contributed by atoms with Crippen LogP contribution in [0.5, 0.6) is 11.5 Å². The van der Waals surface area contributed by atoms with E-state index in [2.05, 4.69) is 19.0 Å². The first kappa shape index (κ1) is 31.1. The number of aryl methyl sites for hydroxylation is 1. The van der Waals surface area contributed by atoms with Gasteiger partial charge in [-0.2, -0.15) is 0 Å². The number of carbonyl (C=O) groups excluding carboxylic acids is 1. The third-order valence-corrected chi connectivity index (χ3v) is 9.34. The summed E-state index contributed by atoms with van der Waals surface area (Å²) in [7, 11) is 0. The highest BCUT2D eigenvalue weighted by atomic mass is 16.7. The summed E-state index contributed by atoms with van der Waals surface area (Å²) in [6, 6.07) is 4.09. The normalized spacial score (nSPS) is 31.8. The fourth-order valence-corrected chi connectivity index (χ4v) is 7.10. The first-order chi connectivity index (χ1) is 20.5. The summed E-state index contributed by atoms with van der Waals surface area (Å²) in [5.41, 5.74) is -1.08. The molecule has 3 aliphatic heterocycles. The van der Waals surface area contributed by atoms with Crippen LogP contribution in [0.3, 0.4) is 0 Å². The molecular weight excluding hydrogens is 556 g/mol. The molecule has 10 nitrogen and oxygen atoms in total. The lowest BCUT2D eigenvalue weighted by molar-refractivity contribution is -0.316. The summed E-state index contributed by atoms with van der Waals surface area (Å²) in [5.74, 6) is 0.915. The zero-order valence-electron chi connectivity index (χ0n) is 24.7. The molecule has 0 spiro atoms. The van der Waals surface area contributed by atoms with Crippen molar-refractivity contribution in [3.8, 4) is 23.5 Å². The Balaban J connectivity index is 1.57. The number of ketones is 1. The van der Waals surface area contributed by atoms with E-state index in [1.807, 2.05) is 0 Å². The van der Waals surface area contributed by atoms with Crippen LogP contribution in [0.4, 0.5) is 0 Å². The highest BCUT2D eigenvalue weighted by molar-refractivity contribution is 6.08. The molecule has 3 heterocycles. The van der Waals surface area contributed by atoms with Crippen LogP contribution in [0, 0.1) is 30.8 Å². The van der Waals surface area contributed by atoms with Crippen molar-refractivity contribution in [3.05, 3.63) is 34.9 Å². The monoisotopic (exact) mass is 596 g/mol. The number of fused-ring (bicyclic) bond motifs is 5. The van der Waals surface area contributed by atoms with Crippen molar-refractivity contribution in [1.29, 1.82) is 0 Å². The highest BCUT2D eigenvalue weighted by Gasteiger charge is 2.58. The smallest absolute Gasteiger partial charge is 0.335 e. The first-order valence-corrected chi connectivity index (χ1v) is 15.0. The minimum atomic E-state index is -1.69. The van der Waals surface area contributed by atoms with Crippen molar-refractivity contribution in [2.24, 2.45) is 11.8 Å². The molecule has 43 heavy (non-hydrogen) atoms. The largest absolute Gasteiger partial charge is 0.506 e. The zero-order valence-corrected chi connectivity index (χ0v) is 24.7. The summed E-state index contributed by atoms with van der Waals surface area (Å²) in [6.45, 7) is 5.04. The summed E-state index contributed by atoms with van der Waals surface area (Å²) >= 11 is 0. The van der Waals surface area contributed by atoms with Gasteiger partial charge in [-0.15, -0.1) is 0 Å². The molecule has 1 saturated carbocycles. The van der Waals surface area contributed by atoms with Gasteiger partial charge in [0, 0.05) is 6.42 Å². The van der Waals surface area contributed by atoms with Gasteiger partial charge in [0.1, 0.15) is 35.9 Å². The quantitative estimate of drug-likeness (QED) is 0.171. The van der Waals surface area contributed by atoms with Gasteiger partial charge in [-0.25, -0.2) is 4.79 Å². The number of hydrogen-bond acceptors (Lipinski definition) is 9. The fraction of sp³-hybridized carbons (Fsp3) is 0.576. The molecule has 8 atom stereocenters. The molecule has 0 aromatic heterocycles. The van der Waals surface area contributed by atoms with Gasteiger partial charge in [-0.05, 0) is 74.4 Å². The van der Waals surface area contributed by atoms with E-state index >= 15 is 0 Å². The lowest BCUT2D eigenvalue weighted by atomic mass is 9.64. The predicted octanol–water partition coefficient (Wildman–Crippen LogP) is 4.06. The Hall–Kier alpha value is -3.36. The van der Waals surface area contributed by atoms with Crippen molar-refractivity contribution in [2.75, 3.05) is 0 Å². The van der Waals surface area contributed by atoms with E-state index in [0.29, 0.717) is 30.2 Å². The summed E-state index contributed by atoms with van der Waals surface area (Å²) in [5, 5.41) is 56.1. The molecule has 10 heteroatoms. The van der Waals surface area contributed by atoms with Gasteiger partial charge in [0.15, 0.2) is 11.9 Å². The summed E-state index contributed by atoms with van der Waals surface area (Å²) in [4.78, 5) is 24.3. The number of aliphatic hydroxyl groups excluding tert-OH is 2. The number of Topliss-reactive ketones (excluding diaryl/α,β-unsaturated/α-hetero) is 1. The number of hydrogen-bond donors (Lipinski definition) is 5. The average molecular weight is 597 g/mol. The summed E-state index contributed by atoms with van der Waals surface area (Å²) in [6.07, 6.45) is 1.60. The number of ether oxygens (including phenoxy) is 3. The number of aromatic hydroxyl groups is 1. The van der Waals surface area contributed by atoms with Crippen molar-refractivity contribution in [2.45, 2.75) is 108 Å². The molecule has 5 N–H and O–H groups in total. The van der Waals surface area contributed by atoms with Crippen LogP contribution in [0.1, 0.15) is 91.5 Å². The lowest BCUT2D eigenvalue weighted by Crippen LogP contribution is -2.68. The maximum absolute atomic E-state index is 12.4. The molecule has 0 radical (unpaired) electrons. The van der Waals surface area contributed by atoms with Crippen LogP contribution in [0.15, 0.2) is 18.2 Å². The maximum Gasteiger partial charge on any atom is 0.335 e. The molecule has 2 aromatic rings. The zero-order chi connectivity index (χ0) is 31.1. The molecule has 2 aromatic carbocycles. The number of phenolic OH excluding ortho intramolecular Hbond substituents is 1. The Morgan fingerprint density at radius 3 is 2.63 bits per heavy atom. The number of aromatic carboxylic acids is 1. The number of rotatable bonds is 8. The number of phenols is 1. The lowest BCUT2D eigenvalue weighted by Gasteiger charge is -2.53. The van der Waals surface area contributed by atoms with E-state index in [-0.39, 0.29) is 34.1 Å². The first-order valence-electron chi connectivity index (χ1n) is 15.0. The van der Waals surface area contributed by atoms with Gasteiger partial charge in [-0.1, -0.05) is 38.2 Å². The number of carboxylic acids is 1. The van der Waals surface area contributed by atoms with E-state index < -0.39 is 53.8 Å². The standard InChI is InChI=1S/C33H40O10/c1-4-5-6-9-22-14-19-8-7-12-41-29-27(36)28(37)32(43-30(29)33(22,40)11-10-19)42-23-16-21(31(38)39)15-20-13-17(2)24(18(3)34)26(35)25(20)23/h13,15-16,19,22,27-30,32,35-37,40H,4-6,8-11,14H2,1-3H3,(H,38,39)/t19-,22-,27+,28+,29-,30+,32+,33+/m0/s1. The van der Waals surface area contributed by atoms with Crippen molar-refractivity contribution in [1.82, 2.24) is 0 Å². The van der Waals surface area contributed by atoms with Crippen molar-refractivity contribution in [3.63, 3.8) is 0 Å². The Morgan fingerprint density at radius 2 is 1.93 bits per heavy atom. The van der Waals surface area contributed by atoms with Crippen LogP contribution in [0.25, 0.3) is 10.8 Å². The molecule has 6 rings (SSSR count). The van der Waals surface area contributed by atoms with Gasteiger partial charge in [0.25, 0.3) is 0 Å². The van der Waals surface area contributed by atoms with Crippen molar-refractivity contribution >= 4 is 22.5 Å². The topological polar surface area (TPSA) is 163 Å². The van der Waals surface area contributed by atoms with E-state index in [9.17, 15) is 35.1 Å². The SMILES string of the molecule is CCCCC[C@H]1C[C@H]2CC#CO[C@H]3[C@H](O)[C@@H](O)[C@H](Oc4cc(C(=O)O)cc5cc(C)c(C(C)=O)c(O)c45)O[C@H]3[C@@]1(O)CC2. The van der Waals surface area contributed by atoms with Crippen LogP contribution >= 0.6 is 0 Å². The Bertz CT molecular complexity index is 1460. The van der Waals surface area contributed by atoms with Gasteiger partial charge in [-0.3, -0.25) is 4.79 Å². The number of unbranched alkanes of at least 4 members (excludes halogenated alkanes) is 2. The van der Waals surface area contributed by atoms with Crippen LogP contribution < -0.4 is 4.74 Å². The van der Waals surface area contributed by atoms with E-state index in [1.165, 1.54) is 19.1 Å². The predicted molar refractivity (Wildman–Crippen MR) is 156 cm³/mol. The van der Waals surface area contributed by atoms with Gasteiger partial charge in [0.05, 0.1) is 22.1 Å². The summed E-state index contributed by atoms with van der Waals surface area (Å²) < 4.78 is 18.1. The number of aliphatic hydroxyl groups is 3. The third kappa shape index (κ3) is 5.79. The Labute approximate surface area is 250 Å². The number of benzene rings is 2. The Kier molecular flexibility index (Phi) is 8.91. The highest BCUT2D eigenvalue weighted by Crippen LogP contribution is 2.48. The average Bonchev–Trinajstić information content (AvgIpc) is 2.95. The van der Waals surface area contributed by atoms with Crippen LogP contribution in [-0.4, -0.2) is 73.6 Å². The Morgan fingerprint density at radius 1 is 1.16 bits per heavy atom. The van der Waals surface area contributed by atoms with E-state index in [1.54, 1.807) is 13.0 Å². The van der Waals surface area contributed by atoms with Gasteiger partial charge in [0.2, 0.25) is 6.29 Å². The second kappa shape index (κ2) is 12.3. The molecule has 0 unspecified atom stereocenters. The van der Waals surface area contributed by atoms with Crippen LogP contribution in [0.2, 0.25) is 0 Å². The van der Waals surface area contributed by atoms with E-state index in [0.717, 1.165) is 32.1 Å². The number of carbonyl (C=O) groups is 2. The van der Waals surface area contributed by atoms with Gasteiger partial charge < -0.3 is 39.7 Å². The fourth-order valence-electron chi connectivity index (χ4n) is 7.10. The molecular formula is C33H40O10. The third-order valence-electron chi connectivity index (χ3n) is 9.34. The molecule has 4 aliphatic rings. The molecule has 2 fully saturated rings. The molecule has 2 bridgehead atoms. The molecule has 232 valence electrons. The second-order valence-electron chi connectivity index (χ2n) is 12.3. The maximum atomic E-state index is 12.4. The minimum absolute atomic E-state index is 0.0472. The van der Waals surface area contributed by atoms with E-state index in [4.69, 9.17) is 14.2 Å². The molecule has 0 amide bonds. The molecule has 1 saturated heterocycles.